The van der Waals surface area contributed by atoms with Crippen LogP contribution in [0.2, 0.25) is 0 Å². The second-order valence-electron chi connectivity index (χ2n) is 5.41. The summed E-state index contributed by atoms with van der Waals surface area (Å²) in [7, 11) is 5.45. The molecule has 2 N–H and O–H groups in total. The van der Waals surface area contributed by atoms with Gasteiger partial charge in [0, 0.05) is 32.7 Å². The number of methoxy groups -OCH3 is 2. The molecule has 1 unspecified atom stereocenters. The first-order valence-electron chi connectivity index (χ1n) is 6.36. The van der Waals surface area contributed by atoms with E-state index in [-0.39, 0.29) is 11.8 Å². The number of likely N-dealkylation sites (N-methyl/N-ethyl adjacent to an activating group) is 1. The van der Waals surface area contributed by atoms with Crippen LogP contribution in [-0.2, 0) is 9.47 Å². The summed E-state index contributed by atoms with van der Waals surface area (Å²) >= 11 is 0. The van der Waals surface area contributed by atoms with Crippen molar-refractivity contribution in [2.45, 2.75) is 45.4 Å². The maximum Gasteiger partial charge on any atom is 0.158 e. The number of nitrogens with zero attached hydrogens (tertiary/aromatic N) is 1. The number of hydrogen-bond donors (Lipinski definition) is 1. The summed E-state index contributed by atoms with van der Waals surface area (Å²) in [6.45, 7) is 8.29. The fraction of sp³-hybridized carbons (Fsp3) is 1.00. The SMILES string of the molecule is COC(CC(C)(CN)N(C)CCC(C)C)OC. The van der Waals surface area contributed by atoms with Crippen LogP contribution in [-0.4, -0.2) is 51.1 Å². The van der Waals surface area contributed by atoms with Crippen LogP contribution in [0.4, 0.5) is 0 Å². The second kappa shape index (κ2) is 8.03. The lowest BCUT2D eigenvalue weighted by molar-refractivity contribution is -0.127. The number of ether oxygens (including phenoxy) is 2. The molecule has 0 spiro atoms. The monoisotopic (exact) mass is 246 g/mol. The van der Waals surface area contributed by atoms with E-state index in [1.54, 1.807) is 14.2 Å². The summed E-state index contributed by atoms with van der Waals surface area (Å²) in [4.78, 5) is 2.32. The van der Waals surface area contributed by atoms with Gasteiger partial charge >= 0.3 is 0 Å². The number of nitrogens with two attached hydrogens (primary N) is 1. The van der Waals surface area contributed by atoms with E-state index in [0.717, 1.165) is 13.0 Å². The quantitative estimate of drug-likeness (QED) is 0.629. The molecule has 0 aliphatic rings. The highest BCUT2D eigenvalue weighted by Crippen LogP contribution is 2.21. The zero-order valence-electron chi connectivity index (χ0n) is 12.3. The van der Waals surface area contributed by atoms with Gasteiger partial charge in [0.2, 0.25) is 0 Å². The summed E-state index contributed by atoms with van der Waals surface area (Å²) < 4.78 is 10.5. The van der Waals surface area contributed by atoms with Crippen LogP contribution in [0.3, 0.4) is 0 Å². The standard InChI is InChI=1S/C13H30N2O2/c1-11(2)7-8-15(4)13(3,10-14)9-12(16-5)17-6/h11-12H,7-10,14H2,1-6H3. The van der Waals surface area contributed by atoms with Crippen molar-refractivity contribution in [1.82, 2.24) is 4.90 Å². The largest absolute Gasteiger partial charge is 0.356 e. The van der Waals surface area contributed by atoms with Crippen molar-refractivity contribution in [3.8, 4) is 0 Å². The summed E-state index contributed by atoms with van der Waals surface area (Å²) in [5.74, 6) is 0.708. The molecule has 4 nitrogen and oxygen atoms in total. The van der Waals surface area contributed by atoms with E-state index in [9.17, 15) is 0 Å². The molecular formula is C13H30N2O2. The van der Waals surface area contributed by atoms with Gasteiger partial charge in [0.15, 0.2) is 6.29 Å². The topological polar surface area (TPSA) is 47.7 Å². The van der Waals surface area contributed by atoms with Crippen molar-refractivity contribution >= 4 is 0 Å². The Morgan fingerprint density at radius 3 is 2.12 bits per heavy atom. The Morgan fingerprint density at radius 2 is 1.76 bits per heavy atom. The van der Waals surface area contributed by atoms with Crippen molar-refractivity contribution < 1.29 is 9.47 Å². The Labute approximate surface area is 106 Å². The van der Waals surface area contributed by atoms with Gasteiger partial charge in [-0.15, -0.1) is 0 Å². The molecule has 0 radical (unpaired) electrons. The summed E-state index contributed by atoms with van der Waals surface area (Å²) in [6.07, 6.45) is 1.77. The minimum atomic E-state index is -0.190. The van der Waals surface area contributed by atoms with Gasteiger partial charge in [0.05, 0.1) is 0 Å². The lowest BCUT2D eigenvalue weighted by atomic mass is 9.94. The Morgan fingerprint density at radius 1 is 1.24 bits per heavy atom. The molecule has 17 heavy (non-hydrogen) atoms. The zero-order valence-corrected chi connectivity index (χ0v) is 12.3. The molecule has 0 amide bonds. The molecule has 0 heterocycles. The molecule has 1 atom stereocenters. The van der Waals surface area contributed by atoms with Gasteiger partial charge in [0.1, 0.15) is 0 Å². The van der Waals surface area contributed by atoms with Crippen molar-refractivity contribution in [2.24, 2.45) is 11.7 Å². The average molecular weight is 246 g/mol. The van der Waals surface area contributed by atoms with E-state index >= 15 is 0 Å². The van der Waals surface area contributed by atoms with Gasteiger partial charge in [0.25, 0.3) is 0 Å². The lowest BCUT2D eigenvalue weighted by Crippen LogP contribution is -2.52. The first-order chi connectivity index (χ1) is 7.89. The highest BCUT2D eigenvalue weighted by Gasteiger charge is 2.31. The van der Waals surface area contributed by atoms with E-state index in [4.69, 9.17) is 15.2 Å². The Balaban J connectivity index is 4.42. The van der Waals surface area contributed by atoms with E-state index < -0.39 is 0 Å². The molecule has 0 aromatic heterocycles. The fourth-order valence-corrected chi connectivity index (χ4v) is 1.74. The highest BCUT2D eigenvalue weighted by molar-refractivity contribution is 4.86. The zero-order chi connectivity index (χ0) is 13.5. The average Bonchev–Trinajstić information content (AvgIpc) is 2.32. The molecule has 0 aromatic rings. The Kier molecular flexibility index (Phi) is 7.96. The molecule has 0 aromatic carbocycles. The Hall–Kier alpha value is -0.160. The van der Waals surface area contributed by atoms with Gasteiger partial charge in [-0.1, -0.05) is 13.8 Å². The minimum Gasteiger partial charge on any atom is -0.356 e. The van der Waals surface area contributed by atoms with E-state index in [1.165, 1.54) is 6.42 Å². The Bertz CT molecular complexity index is 196. The third-order valence-corrected chi connectivity index (χ3v) is 3.54. The maximum atomic E-state index is 5.92. The molecule has 0 aliphatic carbocycles. The summed E-state index contributed by atoms with van der Waals surface area (Å²) in [5.41, 5.74) is 5.84. The predicted octanol–water partition coefficient (Wildman–Crippen LogP) is 1.69. The second-order valence-corrected chi connectivity index (χ2v) is 5.41. The third kappa shape index (κ3) is 5.82. The van der Waals surface area contributed by atoms with Crippen LogP contribution < -0.4 is 5.73 Å². The van der Waals surface area contributed by atoms with Crippen molar-refractivity contribution in [1.29, 1.82) is 0 Å². The highest BCUT2D eigenvalue weighted by atomic mass is 16.7. The van der Waals surface area contributed by atoms with Crippen LogP contribution in [0, 0.1) is 5.92 Å². The van der Waals surface area contributed by atoms with Crippen LogP contribution >= 0.6 is 0 Å². The summed E-state index contributed by atoms with van der Waals surface area (Å²) in [6, 6.07) is 0. The van der Waals surface area contributed by atoms with Crippen molar-refractivity contribution in [2.75, 3.05) is 34.4 Å². The number of rotatable bonds is 9. The fourth-order valence-electron chi connectivity index (χ4n) is 1.74. The first kappa shape index (κ1) is 16.8. The molecular weight excluding hydrogens is 216 g/mol. The van der Waals surface area contributed by atoms with Gasteiger partial charge < -0.3 is 15.2 Å². The molecule has 0 bridgehead atoms. The molecule has 104 valence electrons. The normalized spacial score (nSPS) is 15.9. The van der Waals surface area contributed by atoms with Crippen LogP contribution in [0.15, 0.2) is 0 Å². The van der Waals surface area contributed by atoms with Gasteiger partial charge in [-0.2, -0.15) is 0 Å². The van der Waals surface area contributed by atoms with Crippen molar-refractivity contribution in [3.63, 3.8) is 0 Å². The molecule has 0 rings (SSSR count). The van der Waals surface area contributed by atoms with Crippen molar-refractivity contribution in [3.05, 3.63) is 0 Å². The third-order valence-electron chi connectivity index (χ3n) is 3.54. The molecule has 0 saturated heterocycles. The van der Waals surface area contributed by atoms with E-state index in [1.807, 2.05) is 0 Å². The molecule has 0 aliphatic heterocycles. The summed E-state index contributed by atoms with van der Waals surface area (Å²) in [5, 5.41) is 0. The predicted molar refractivity (Wildman–Crippen MR) is 72.0 cm³/mol. The van der Waals surface area contributed by atoms with Crippen LogP contribution in [0.1, 0.15) is 33.6 Å². The molecule has 0 saturated carbocycles. The smallest absolute Gasteiger partial charge is 0.158 e. The van der Waals surface area contributed by atoms with Crippen LogP contribution in [0.25, 0.3) is 0 Å². The van der Waals surface area contributed by atoms with Gasteiger partial charge in [-0.05, 0) is 32.9 Å². The van der Waals surface area contributed by atoms with Gasteiger partial charge in [-0.3, -0.25) is 4.90 Å². The van der Waals surface area contributed by atoms with E-state index in [0.29, 0.717) is 12.5 Å². The minimum absolute atomic E-state index is 0.0778. The van der Waals surface area contributed by atoms with Gasteiger partial charge in [-0.25, -0.2) is 0 Å². The van der Waals surface area contributed by atoms with E-state index in [2.05, 4.69) is 32.7 Å². The molecule has 4 heteroatoms. The first-order valence-corrected chi connectivity index (χ1v) is 6.36. The van der Waals surface area contributed by atoms with Crippen LogP contribution in [0.5, 0.6) is 0 Å². The number of hydrogen-bond acceptors (Lipinski definition) is 4. The maximum absolute atomic E-state index is 5.92. The lowest BCUT2D eigenvalue weighted by Gasteiger charge is -2.40. The molecule has 0 fully saturated rings.